The summed E-state index contributed by atoms with van der Waals surface area (Å²) in [6.07, 6.45) is 2.53. The van der Waals surface area contributed by atoms with Gasteiger partial charge < -0.3 is 4.74 Å². The quantitative estimate of drug-likeness (QED) is 0.795. The van der Waals surface area contributed by atoms with Gasteiger partial charge in [0.05, 0.1) is 17.6 Å². The number of carbonyl (C=O) groups excluding carboxylic acids is 1. The second kappa shape index (κ2) is 6.32. The largest absolute Gasteiger partial charge is 0.496 e. The van der Waals surface area contributed by atoms with Gasteiger partial charge in [0.1, 0.15) is 5.75 Å². The Labute approximate surface area is 130 Å². The van der Waals surface area contributed by atoms with Crippen LogP contribution in [0.5, 0.6) is 5.75 Å². The molecule has 0 saturated heterocycles. The molecule has 2 rings (SSSR count). The average molecular weight is 318 g/mol. The smallest absolute Gasteiger partial charge is 0.175 e. The van der Waals surface area contributed by atoms with E-state index in [0.29, 0.717) is 22.6 Å². The monoisotopic (exact) mass is 318 g/mol. The van der Waals surface area contributed by atoms with Crippen molar-refractivity contribution in [1.29, 1.82) is 0 Å². The van der Waals surface area contributed by atoms with Crippen LogP contribution >= 0.6 is 0 Å². The van der Waals surface area contributed by atoms with Gasteiger partial charge in [0.15, 0.2) is 16.1 Å². The molecular weight excluding hydrogens is 300 g/mol. The summed E-state index contributed by atoms with van der Waals surface area (Å²) >= 11 is 0. The van der Waals surface area contributed by atoms with Crippen LogP contribution in [0.15, 0.2) is 41.3 Å². The SMILES string of the molecule is COc1c(C=O)ccc(C)c1Cc1ccc(S(C)(=O)=O)cc1. The van der Waals surface area contributed by atoms with E-state index in [9.17, 15) is 13.2 Å². The maximum atomic E-state index is 11.5. The molecule has 0 atom stereocenters. The van der Waals surface area contributed by atoms with Crippen molar-refractivity contribution in [3.63, 3.8) is 0 Å². The number of benzene rings is 2. The van der Waals surface area contributed by atoms with Crippen LogP contribution in [-0.4, -0.2) is 28.1 Å². The Bertz CT molecular complexity index is 790. The lowest BCUT2D eigenvalue weighted by Crippen LogP contribution is -2.01. The normalized spacial score (nSPS) is 11.2. The highest BCUT2D eigenvalue weighted by molar-refractivity contribution is 7.90. The first-order chi connectivity index (χ1) is 10.4. The molecule has 0 spiro atoms. The number of aryl methyl sites for hydroxylation is 1. The van der Waals surface area contributed by atoms with Crippen LogP contribution in [-0.2, 0) is 16.3 Å². The number of hydrogen-bond donors (Lipinski definition) is 0. The van der Waals surface area contributed by atoms with Crippen LogP contribution in [0.1, 0.15) is 27.0 Å². The van der Waals surface area contributed by atoms with E-state index in [0.717, 1.165) is 23.0 Å². The van der Waals surface area contributed by atoms with E-state index in [-0.39, 0.29) is 0 Å². The highest BCUT2D eigenvalue weighted by atomic mass is 32.2. The number of rotatable bonds is 5. The maximum Gasteiger partial charge on any atom is 0.175 e. The maximum absolute atomic E-state index is 11.5. The Morgan fingerprint density at radius 3 is 2.23 bits per heavy atom. The molecule has 0 aromatic heterocycles. The number of ether oxygens (including phenoxy) is 1. The highest BCUT2D eigenvalue weighted by Gasteiger charge is 2.13. The van der Waals surface area contributed by atoms with Crippen LogP contribution in [0.2, 0.25) is 0 Å². The molecule has 0 aliphatic rings. The third kappa shape index (κ3) is 3.36. The van der Waals surface area contributed by atoms with Gasteiger partial charge in [0.2, 0.25) is 0 Å². The van der Waals surface area contributed by atoms with E-state index in [4.69, 9.17) is 4.74 Å². The molecule has 0 N–H and O–H groups in total. The third-order valence-electron chi connectivity index (χ3n) is 3.59. The molecule has 4 nitrogen and oxygen atoms in total. The molecule has 0 unspecified atom stereocenters. The van der Waals surface area contributed by atoms with E-state index < -0.39 is 9.84 Å². The third-order valence-corrected chi connectivity index (χ3v) is 4.72. The summed E-state index contributed by atoms with van der Waals surface area (Å²) in [7, 11) is -1.66. The fraction of sp³-hybridized carbons (Fsp3) is 0.235. The zero-order chi connectivity index (χ0) is 16.3. The van der Waals surface area contributed by atoms with Gasteiger partial charge in [-0.3, -0.25) is 4.79 Å². The molecular formula is C17H18O4S. The minimum Gasteiger partial charge on any atom is -0.496 e. The molecule has 0 heterocycles. The van der Waals surface area contributed by atoms with Crippen molar-refractivity contribution in [3.05, 3.63) is 58.7 Å². The van der Waals surface area contributed by atoms with E-state index in [2.05, 4.69) is 0 Å². The Morgan fingerprint density at radius 1 is 1.09 bits per heavy atom. The molecule has 0 radical (unpaired) electrons. The summed E-state index contributed by atoms with van der Waals surface area (Å²) < 4.78 is 28.3. The van der Waals surface area contributed by atoms with Gasteiger partial charge in [-0.05, 0) is 36.2 Å². The van der Waals surface area contributed by atoms with Crippen LogP contribution in [0.3, 0.4) is 0 Å². The van der Waals surface area contributed by atoms with Gasteiger partial charge in [0.25, 0.3) is 0 Å². The fourth-order valence-corrected chi connectivity index (χ4v) is 2.99. The first-order valence-corrected chi connectivity index (χ1v) is 8.66. The molecule has 0 saturated carbocycles. The molecule has 0 fully saturated rings. The number of hydrogen-bond acceptors (Lipinski definition) is 4. The van der Waals surface area contributed by atoms with Crippen molar-refractivity contribution in [2.75, 3.05) is 13.4 Å². The van der Waals surface area contributed by atoms with Crippen molar-refractivity contribution in [1.82, 2.24) is 0 Å². The van der Waals surface area contributed by atoms with E-state index in [1.165, 1.54) is 13.4 Å². The minimum absolute atomic E-state index is 0.293. The van der Waals surface area contributed by atoms with Gasteiger partial charge in [-0.15, -0.1) is 0 Å². The van der Waals surface area contributed by atoms with Crippen LogP contribution < -0.4 is 4.74 Å². The Morgan fingerprint density at radius 2 is 1.73 bits per heavy atom. The molecule has 116 valence electrons. The minimum atomic E-state index is -3.20. The van der Waals surface area contributed by atoms with Crippen molar-refractivity contribution >= 4 is 16.1 Å². The molecule has 0 aliphatic heterocycles. The zero-order valence-corrected chi connectivity index (χ0v) is 13.6. The topological polar surface area (TPSA) is 60.4 Å². The Balaban J connectivity index is 2.41. The summed E-state index contributed by atoms with van der Waals surface area (Å²) in [5, 5.41) is 0. The van der Waals surface area contributed by atoms with E-state index >= 15 is 0 Å². The number of methoxy groups -OCH3 is 1. The predicted molar refractivity (Wildman–Crippen MR) is 85.5 cm³/mol. The molecule has 0 aliphatic carbocycles. The summed E-state index contributed by atoms with van der Waals surface area (Å²) in [6.45, 7) is 1.96. The summed E-state index contributed by atoms with van der Waals surface area (Å²) in [5.41, 5.74) is 3.42. The van der Waals surface area contributed by atoms with Crippen molar-refractivity contribution in [2.45, 2.75) is 18.2 Å². The summed E-state index contributed by atoms with van der Waals surface area (Å²) in [4.78, 5) is 11.4. The van der Waals surface area contributed by atoms with E-state index in [1.807, 2.05) is 13.0 Å². The average Bonchev–Trinajstić information content (AvgIpc) is 2.48. The lowest BCUT2D eigenvalue weighted by molar-refractivity contribution is 0.112. The first kappa shape index (κ1) is 16.2. The van der Waals surface area contributed by atoms with Crippen LogP contribution in [0.4, 0.5) is 0 Å². The van der Waals surface area contributed by atoms with Gasteiger partial charge in [0, 0.05) is 18.2 Å². The van der Waals surface area contributed by atoms with Gasteiger partial charge >= 0.3 is 0 Å². The molecule has 22 heavy (non-hydrogen) atoms. The second-order valence-electron chi connectivity index (χ2n) is 5.19. The van der Waals surface area contributed by atoms with Crippen LogP contribution in [0, 0.1) is 6.92 Å². The Hall–Kier alpha value is -2.14. The van der Waals surface area contributed by atoms with Gasteiger partial charge in [-0.2, -0.15) is 0 Å². The number of carbonyl (C=O) groups is 1. The van der Waals surface area contributed by atoms with Crippen molar-refractivity contribution in [3.8, 4) is 5.75 Å². The Kier molecular flexibility index (Phi) is 4.66. The van der Waals surface area contributed by atoms with Gasteiger partial charge in [-0.1, -0.05) is 18.2 Å². The molecule has 2 aromatic rings. The summed E-state index contributed by atoms with van der Waals surface area (Å²) in [6, 6.07) is 10.4. The summed E-state index contributed by atoms with van der Waals surface area (Å²) in [5.74, 6) is 0.571. The predicted octanol–water partition coefficient (Wildman–Crippen LogP) is 2.81. The van der Waals surface area contributed by atoms with Gasteiger partial charge in [-0.25, -0.2) is 8.42 Å². The zero-order valence-electron chi connectivity index (χ0n) is 12.8. The second-order valence-corrected chi connectivity index (χ2v) is 7.21. The highest BCUT2D eigenvalue weighted by Crippen LogP contribution is 2.28. The van der Waals surface area contributed by atoms with Crippen molar-refractivity contribution in [2.24, 2.45) is 0 Å². The lowest BCUT2D eigenvalue weighted by Gasteiger charge is -2.14. The lowest BCUT2D eigenvalue weighted by atomic mass is 9.97. The molecule has 2 aromatic carbocycles. The standard InChI is InChI=1S/C17H18O4S/c1-12-4-7-14(11-18)17(21-2)16(12)10-13-5-8-15(9-6-13)22(3,19)20/h4-9,11H,10H2,1-3H3. The number of aldehydes is 1. The van der Waals surface area contributed by atoms with Crippen molar-refractivity contribution < 1.29 is 17.9 Å². The molecule has 0 bridgehead atoms. The van der Waals surface area contributed by atoms with Crippen LogP contribution in [0.25, 0.3) is 0 Å². The number of sulfone groups is 1. The van der Waals surface area contributed by atoms with E-state index in [1.54, 1.807) is 30.3 Å². The molecule has 0 amide bonds. The first-order valence-electron chi connectivity index (χ1n) is 6.77. The fourth-order valence-electron chi connectivity index (χ4n) is 2.36. The molecule has 5 heteroatoms.